The molecular formula is C15H20O2. The second-order valence-corrected chi connectivity index (χ2v) is 5.80. The van der Waals surface area contributed by atoms with Gasteiger partial charge < -0.3 is 9.84 Å². The lowest BCUT2D eigenvalue weighted by Gasteiger charge is -2.24. The first-order valence-corrected chi connectivity index (χ1v) is 6.61. The zero-order valence-corrected chi connectivity index (χ0v) is 10.4. The maximum atomic E-state index is 9.68. The number of hydrogen-bond donors (Lipinski definition) is 1. The van der Waals surface area contributed by atoms with Crippen LogP contribution in [0.5, 0.6) is 5.75 Å². The van der Waals surface area contributed by atoms with Crippen molar-refractivity contribution < 1.29 is 9.84 Å². The van der Waals surface area contributed by atoms with Gasteiger partial charge in [-0.3, -0.25) is 0 Å². The maximum Gasteiger partial charge on any atom is 0.119 e. The van der Waals surface area contributed by atoms with Gasteiger partial charge in [0.05, 0.1) is 12.2 Å². The maximum absolute atomic E-state index is 9.68. The van der Waals surface area contributed by atoms with Gasteiger partial charge in [-0.15, -0.1) is 0 Å². The summed E-state index contributed by atoms with van der Waals surface area (Å²) in [5, 5.41) is 9.68. The molecule has 3 rings (SSSR count). The van der Waals surface area contributed by atoms with E-state index < -0.39 is 0 Å². The molecule has 1 aromatic carbocycles. The molecule has 1 N–H and O–H groups in total. The molecule has 17 heavy (non-hydrogen) atoms. The third-order valence-corrected chi connectivity index (χ3v) is 4.09. The van der Waals surface area contributed by atoms with Crippen LogP contribution in [0.3, 0.4) is 0 Å². The van der Waals surface area contributed by atoms with Crippen molar-refractivity contribution in [3.63, 3.8) is 0 Å². The predicted octanol–water partition coefficient (Wildman–Crippen LogP) is 3.03. The minimum atomic E-state index is -0.123. The first-order valence-electron chi connectivity index (χ1n) is 6.61. The molecule has 2 aliphatic rings. The van der Waals surface area contributed by atoms with Gasteiger partial charge in [-0.1, -0.05) is 19.1 Å². The summed E-state index contributed by atoms with van der Waals surface area (Å²) in [6, 6.07) is 8.47. The van der Waals surface area contributed by atoms with Crippen LogP contribution in [0.2, 0.25) is 0 Å². The molecule has 2 unspecified atom stereocenters. The summed E-state index contributed by atoms with van der Waals surface area (Å²) in [7, 11) is 0. The first kappa shape index (κ1) is 11.1. The van der Waals surface area contributed by atoms with E-state index >= 15 is 0 Å². The summed E-state index contributed by atoms with van der Waals surface area (Å²) in [5.41, 5.74) is 1.48. The fraction of sp³-hybridized carbons (Fsp3) is 0.600. The van der Waals surface area contributed by atoms with E-state index in [2.05, 4.69) is 31.2 Å². The van der Waals surface area contributed by atoms with E-state index in [1.54, 1.807) is 0 Å². The van der Waals surface area contributed by atoms with E-state index in [-0.39, 0.29) is 11.5 Å². The molecule has 92 valence electrons. The van der Waals surface area contributed by atoms with Crippen LogP contribution in [0.15, 0.2) is 24.3 Å². The highest BCUT2D eigenvalue weighted by atomic mass is 16.5. The Hall–Kier alpha value is -1.02. The summed E-state index contributed by atoms with van der Waals surface area (Å²) in [6.07, 6.45) is 5.63. The summed E-state index contributed by atoms with van der Waals surface area (Å²) in [6.45, 7) is 2.25. The fourth-order valence-corrected chi connectivity index (χ4v) is 2.79. The highest BCUT2D eigenvalue weighted by Crippen LogP contribution is 2.41. The summed E-state index contributed by atoms with van der Waals surface area (Å²) in [4.78, 5) is 0. The van der Waals surface area contributed by atoms with E-state index in [1.165, 1.54) is 18.4 Å². The Morgan fingerprint density at radius 1 is 1.18 bits per heavy atom. The average molecular weight is 232 g/mol. The molecule has 0 heterocycles. The van der Waals surface area contributed by atoms with E-state index in [1.807, 2.05) is 0 Å². The summed E-state index contributed by atoms with van der Waals surface area (Å²) >= 11 is 0. The van der Waals surface area contributed by atoms with Gasteiger partial charge in [0.1, 0.15) is 5.75 Å². The molecule has 0 aliphatic heterocycles. The Morgan fingerprint density at radius 3 is 2.41 bits per heavy atom. The van der Waals surface area contributed by atoms with Crippen molar-refractivity contribution in [2.75, 3.05) is 0 Å². The van der Waals surface area contributed by atoms with E-state index in [0.717, 1.165) is 25.0 Å². The average Bonchev–Trinajstić information content (AvgIpc) is 3.05. The molecule has 2 heteroatoms. The molecule has 2 atom stereocenters. The normalized spacial score (nSPS) is 32.7. The molecule has 1 aromatic rings. The van der Waals surface area contributed by atoms with Crippen molar-refractivity contribution in [3.05, 3.63) is 29.8 Å². The predicted molar refractivity (Wildman–Crippen MR) is 67.3 cm³/mol. The lowest BCUT2D eigenvalue weighted by Crippen LogP contribution is -2.18. The minimum Gasteiger partial charge on any atom is -0.490 e. The molecule has 0 amide bonds. The van der Waals surface area contributed by atoms with Crippen LogP contribution in [0.25, 0.3) is 0 Å². The molecule has 2 saturated carbocycles. The summed E-state index contributed by atoms with van der Waals surface area (Å²) < 4.78 is 5.75. The van der Waals surface area contributed by atoms with Gasteiger partial charge >= 0.3 is 0 Å². The van der Waals surface area contributed by atoms with Gasteiger partial charge in [0.2, 0.25) is 0 Å². The third-order valence-electron chi connectivity index (χ3n) is 4.09. The van der Waals surface area contributed by atoms with Gasteiger partial charge in [-0.2, -0.15) is 0 Å². The van der Waals surface area contributed by atoms with Crippen LogP contribution >= 0.6 is 0 Å². The number of aliphatic hydroxyl groups is 1. The highest BCUT2D eigenvalue weighted by Gasteiger charge is 2.35. The monoisotopic (exact) mass is 232 g/mol. The van der Waals surface area contributed by atoms with Crippen molar-refractivity contribution in [2.45, 2.75) is 56.7 Å². The van der Waals surface area contributed by atoms with Crippen LogP contribution < -0.4 is 4.74 Å². The second-order valence-electron chi connectivity index (χ2n) is 5.80. The number of aliphatic hydroxyl groups excluding tert-OH is 1. The molecule has 0 aromatic heterocycles. The molecule has 2 aliphatic carbocycles. The number of hydrogen-bond acceptors (Lipinski definition) is 2. The SMILES string of the molecule is CC1(c2ccc(OC3CC3)cc2)CCC(O)C1. The van der Waals surface area contributed by atoms with Crippen LogP contribution in [0, 0.1) is 0 Å². The number of ether oxygens (including phenoxy) is 1. The van der Waals surface area contributed by atoms with E-state index in [4.69, 9.17) is 4.74 Å². The van der Waals surface area contributed by atoms with Crippen molar-refractivity contribution in [3.8, 4) is 5.75 Å². The van der Waals surface area contributed by atoms with Gasteiger partial charge in [0.25, 0.3) is 0 Å². The molecule has 0 saturated heterocycles. The van der Waals surface area contributed by atoms with Gasteiger partial charge in [-0.25, -0.2) is 0 Å². The molecule has 0 bridgehead atoms. The van der Waals surface area contributed by atoms with Crippen LogP contribution in [-0.4, -0.2) is 17.3 Å². The van der Waals surface area contributed by atoms with Crippen molar-refractivity contribution in [2.24, 2.45) is 0 Å². The first-order chi connectivity index (χ1) is 8.16. The van der Waals surface area contributed by atoms with Gasteiger partial charge in [-0.05, 0) is 55.2 Å². The number of benzene rings is 1. The summed E-state index contributed by atoms with van der Waals surface area (Å²) in [5.74, 6) is 0.985. The zero-order valence-electron chi connectivity index (χ0n) is 10.4. The number of rotatable bonds is 3. The Kier molecular flexibility index (Phi) is 2.62. The lowest BCUT2D eigenvalue weighted by molar-refractivity contribution is 0.175. The molecule has 2 nitrogen and oxygen atoms in total. The van der Waals surface area contributed by atoms with Gasteiger partial charge in [0.15, 0.2) is 0 Å². The van der Waals surface area contributed by atoms with Crippen molar-refractivity contribution >= 4 is 0 Å². The van der Waals surface area contributed by atoms with Crippen LogP contribution in [0.4, 0.5) is 0 Å². The van der Waals surface area contributed by atoms with Crippen LogP contribution in [0.1, 0.15) is 44.6 Å². The topological polar surface area (TPSA) is 29.5 Å². The molecule has 2 fully saturated rings. The minimum absolute atomic E-state index is 0.123. The largest absolute Gasteiger partial charge is 0.490 e. The fourth-order valence-electron chi connectivity index (χ4n) is 2.79. The quantitative estimate of drug-likeness (QED) is 0.868. The van der Waals surface area contributed by atoms with Crippen molar-refractivity contribution in [1.82, 2.24) is 0 Å². The van der Waals surface area contributed by atoms with Gasteiger partial charge in [0, 0.05) is 0 Å². The molecular weight excluding hydrogens is 212 g/mol. The van der Waals surface area contributed by atoms with E-state index in [0.29, 0.717) is 6.10 Å². The Balaban J connectivity index is 1.74. The third kappa shape index (κ3) is 2.32. The van der Waals surface area contributed by atoms with E-state index in [9.17, 15) is 5.11 Å². The standard InChI is InChI=1S/C15H20O2/c1-15(9-8-12(16)10-15)11-2-4-13(5-3-11)17-14-6-7-14/h2-5,12,14,16H,6-10H2,1H3. The Labute approximate surface area is 103 Å². The molecule has 0 radical (unpaired) electrons. The Morgan fingerprint density at radius 2 is 1.88 bits per heavy atom. The van der Waals surface area contributed by atoms with Crippen LogP contribution in [-0.2, 0) is 5.41 Å². The lowest BCUT2D eigenvalue weighted by atomic mass is 9.81. The Bertz CT molecular complexity index is 394. The second kappa shape index (κ2) is 4.02. The molecule has 0 spiro atoms. The highest BCUT2D eigenvalue weighted by molar-refractivity contribution is 5.33. The van der Waals surface area contributed by atoms with Crippen molar-refractivity contribution in [1.29, 1.82) is 0 Å². The zero-order chi connectivity index (χ0) is 11.9. The smallest absolute Gasteiger partial charge is 0.119 e.